The third kappa shape index (κ3) is 5.54. The molecule has 0 atom stereocenters. The van der Waals surface area contributed by atoms with Crippen LogP contribution in [0.2, 0.25) is 0 Å². The molecule has 4 N–H and O–H groups in total. The molecule has 1 amide bonds. The SMILES string of the molecule is CCOc1cc(C[NH2+]C(C)C)cc(I)c1OCC(N)=O. The molecule has 1 aromatic carbocycles. The highest BCUT2D eigenvalue weighted by molar-refractivity contribution is 14.1. The summed E-state index contributed by atoms with van der Waals surface area (Å²) in [7, 11) is 0. The second-order valence-electron chi connectivity index (χ2n) is 4.78. The van der Waals surface area contributed by atoms with Crippen LogP contribution in [-0.2, 0) is 11.3 Å². The number of benzene rings is 1. The number of carbonyl (C=O) groups excluding carboxylic acids is 1. The van der Waals surface area contributed by atoms with E-state index in [0.29, 0.717) is 24.1 Å². The van der Waals surface area contributed by atoms with Gasteiger partial charge in [-0.3, -0.25) is 4.79 Å². The fraction of sp³-hybridized carbons (Fsp3) is 0.500. The summed E-state index contributed by atoms with van der Waals surface area (Å²) in [5, 5.41) is 2.24. The Kier molecular flexibility index (Phi) is 7.08. The normalized spacial score (nSPS) is 10.7. The summed E-state index contributed by atoms with van der Waals surface area (Å²) in [4.78, 5) is 10.8. The molecule has 1 rings (SSSR count). The van der Waals surface area contributed by atoms with E-state index in [9.17, 15) is 4.79 Å². The zero-order valence-electron chi connectivity index (χ0n) is 12.1. The van der Waals surface area contributed by atoms with Gasteiger partial charge in [-0.25, -0.2) is 0 Å². The maximum absolute atomic E-state index is 10.8. The maximum Gasteiger partial charge on any atom is 0.255 e. The highest BCUT2D eigenvalue weighted by atomic mass is 127. The Labute approximate surface area is 133 Å². The predicted molar refractivity (Wildman–Crippen MR) is 85.8 cm³/mol. The molecule has 0 spiro atoms. The lowest BCUT2D eigenvalue weighted by Crippen LogP contribution is -2.86. The lowest BCUT2D eigenvalue weighted by molar-refractivity contribution is -0.698. The molecule has 20 heavy (non-hydrogen) atoms. The van der Waals surface area contributed by atoms with Crippen molar-refractivity contribution in [2.45, 2.75) is 33.4 Å². The first kappa shape index (κ1) is 17.0. The molecule has 0 aliphatic heterocycles. The van der Waals surface area contributed by atoms with Gasteiger partial charge >= 0.3 is 0 Å². The van der Waals surface area contributed by atoms with E-state index in [1.807, 2.05) is 19.1 Å². The lowest BCUT2D eigenvalue weighted by atomic mass is 10.2. The number of halogens is 1. The van der Waals surface area contributed by atoms with Gasteiger partial charge in [0.25, 0.3) is 5.91 Å². The van der Waals surface area contributed by atoms with Crippen molar-refractivity contribution < 1.29 is 19.6 Å². The number of hydrogen-bond acceptors (Lipinski definition) is 3. The summed E-state index contributed by atoms with van der Waals surface area (Å²) in [6.45, 7) is 7.49. The van der Waals surface area contributed by atoms with E-state index in [4.69, 9.17) is 15.2 Å². The van der Waals surface area contributed by atoms with Crippen LogP contribution in [0, 0.1) is 3.57 Å². The molecule has 1 aromatic rings. The van der Waals surface area contributed by atoms with Crippen LogP contribution in [0.25, 0.3) is 0 Å². The minimum atomic E-state index is -0.500. The van der Waals surface area contributed by atoms with Gasteiger partial charge in [-0.1, -0.05) is 0 Å². The van der Waals surface area contributed by atoms with E-state index >= 15 is 0 Å². The molecule has 112 valence electrons. The Balaban J connectivity index is 2.95. The molecule has 0 aliphatic carbocycles. The molecule has 0 bridgehead atoms. The van der Waals surface area contributed by atoms with Gasteiger partial charge < -0.3 is 20.5 Å². The van der Waals surface area contributed by atoms with Crippen LogP contribution in [0.3, 0.4) is 0 Å². The number of quaternary nitrogens is 1. The molecule has 0 heterocycles. The van der Waals surface area contributed by atoms with Crippen LogP contribution in [0.5, 0.6) is 11.5 Å². The van der Waals surface area contributed by atoms with Gasteiger partial charge in [-0.2, -0.15) is 0 Å². The predicted octanol–water partition coefficient (Wildman–Crippen LogP) is 1.03. The lowest BCUT2D eigenvalue weighted by Gasteiger charge is -2.15. The third-order valence-electron chi connectivity index (χ3n) is 2.55. The van der Waals surface area contributed by atoms with Crippen molar-refractivity contribution in [2.24, 2.45) is 5.73 Å². The van der Waals surface area contributed by atoms with Crippen LogP contribution in [-0.4, -0.2) is 25.2 Å². The molecule has 0 saturated carbocycles. The molecule has 0 fully saturated rings. The monoisotopic (exact) mass is 393 g/mol. The molecular formula is C14H22IN2O3+. The van der Waals surface area contributed by atoms with Crippen LogP contribution in [0.1, 0.15) is 26.3 Å². The summed E-state index contributed by atoms with van der Waals surface area (Å²) < 4.78 is 12.0. The summed E-state index contributed by atoms with van der Waals surface area (Å²) in [6.07, 6.45) is 0. The summed E-state index contributed by atoms with van der Waals surface area (Å²) >= 11 is 2.18. The van der Waals surface area contributed by atoms with Crippen molar-refractivity contribution in [3.63, 3.8) is 0 Å². The second-order valence-corrected chi connectivity index (χ2v) is 5.94. The van der Waals surface area contributed by atoms with Gasteiger partial charge in [0.05, 0.1) is 16.2 Å². The average molecular weight is 393 g/mol. The Bertz CT molecular complexity index is 464. The molecule has 0 radical (unpaired) electrons. The standard InChI is InChI=1S/C14H21IN2O3/c1-4-19-12-6-10(7-17-9(2)3)5-11(15)14(12)20-8-13(16)18/h5-6,9,17H,4,7-8H2,1-3H3,(H2,16,18)/p+1. The van der Waals surface area contributed by atoms with Crippen LogP contribution < -0.4 is 20.5 Å². The van der Waals surface area contributed by atoms with E-state index in [-0.39, 0.29) is 6.61 Å². The van der Waals surface area contributed by atoms with Crippen molar-refractivity contribution in [1.82, 2.24) is 0 Å². The second kappa shape index (κ2) is 8.31. The maximum atomic E-state index is 10.8. The topological polar surface area (TPSA) is 78.2 Å². The number of carbonyl (C=O) groups is 1. The van der Waals surface area contributed by atoms with E-state index in [1.165, 1.54) is 0 Å². The highest BCUT2D eigenvalue weighted by Crippen LogP contribution is 2.34. The van der Waals surface area contributed by atoms with Crippen LogP contribution in [0.15, 0.2) is 12.1 Å². The smallest absolute Gasteiger partial charge is 0.255 e. The van der Waals surface area contributed by atoms with Crippen LogP contribution >= 0.6 is 22.6 Å². The summed E-state index contributed by atoms with van der Waals surface area (Å²) in [5.74, 6) is 0.743. The molecule has 0 aromatic heterocycles. The number of hydrogen-bond donors (Lipinski definition) is 2. The summed E-state index contributed by atoms with van der Waals surface area (Å²) in [6, 6.07) is 4.54. The molecule has 0 aliphatic rings. The molecule has 0 unspecified atom stereocenters. The number of nitrogens with two attached hydrogens (primary N) is 2. The zero-order chi connectivity index (χ0) is 15.1. The van der Waals surface area contributed by atoms with Gasteiger partial charge in [0.2, 0.25) is 0 Å². The van der Waals surface area contributed by atoms with Crippen molar-refractivity contribution in [3.8, 4) is 11.5 Å². The van der Waals surface area contributed by atoms with E-state index < -0.39 is 5.91 Å². The van der Waals surface area contributed by atoms with E-state index in [1.54, 1.807) is 0 Å². The largest absolute Gasteiger partial charge is 0.490 e. The van der Waals surface area contributed by atoms with Crippen molar-refractivity contribution in [1.29, 1.82) is 0 Å². The zero-order valence-corrected chi connectivity index (χ0v) is 14.3. The van der Waals surface area contributed by atoms with Crippen molar-refractivity contribution in [2.75, 3.05) is 13.2 Å². The number of primary amides is 1. The number of ether oxygens (including phenoxy) is 2. The molecule has 0 saturated heterocycles. The third-order valence-corrected chi connectivity index (χ3v) is 3.35. The minimum absolute atomic E-state index is 0.145. The van der Waals surface area contributed by atoms with Gasteiger partial charge in [-0.05, 0) is 55.5 Å². The first-order valence-electron chi connectivity index (χ1n) is 6.63. The van der Waals surface area contributed by atoms with Gasteiger partial charge in [0.15, 0.2) is 18.1 Å². The van der Waals surface area contributed by atoms with E-state index in [2.05, 4.69) is 41.8 Å². The van der Waals surface area contributed by atoms with Gasteiger partial charge in [-0.15, -0.1) is 0 Å². The fourth-order valence-corrected chi connectivity index (χ4v) is 2.48. The first-order chi connectivity index (χ1) is 9.43. The fourth-order valence-electron chi connectivity index (χ4n) is 1.66. The average Bonchev–Trinajstić information content (AvgIpc) is 2.35. The Morgan fingerprint density at radius 2 is 2.10 bits per heavy atom. The Hall–Kier alpha value is -1.02. The minimum Gasteiger partial charge on any atom is -0.490 e. The molecular weight excluding hydrogens is 371 g/mol. The summed E-state index contributed by atoms with van der Waals surface area (Å²) in [5.41, 5.74) is 6.28. The number of amides is 1. The van der Waals surface area contributed by atoms with Crippen LogP contribution in [0.4, 0.5) is 0 Å². The molecule has 5 nitrogen and oxygen atoms in total. The highest BCUT2D eigenvalue weighted by Gasteiger charge is 2.14. The Morgan fingerprint density at radius 3 is 2.65 bits per heavy atom. The van der Waals surface area contributed by atoms with Gasteiger partial charge in [0, 0.05) is 5.56 Å². The first-order valence-corrected chi connectivity index (χ1v) is 7.71. The quantitative estimate of drug-likeness (QED) is 0.648. The van der Waals surface area contributed by atoms with E-state index in [0.717, 1.165) is 15.7 Å². The van der Waals surface area contributed by atoms with Crippen molar-refractivity contribution in [3.05, 3.63) is 21.3 Å². The van der Waals surface area contributed by atoms with Crippen molar-refractivity contribution >= 4 is 28.5 Å². The number of rotatable bonds is 8. The van der Waals surface area contributed by atoms with Gasteiger partial charge in [0.1, 0.15) is 6.54 Å². The Morgan fingerprint density at radius 1 is 1.40 bits per heavy atom. The molecule has 6 heteroatoms.